The molecule has 7 heteroatoms. The molecule has 0 radical (unpaired) electrons. The molecule has 2 aromatic carbocycles. The van der Waals surface area contributed by atoms with E-state index in [-0.39, 0.29) is 24.9 Å². The van der Waals surface area contributed by atoms with Crippen molar-refractivity contribution in [3.63, 3.8) is 0 Å². The molecular weight excluding hydrogens is 356 g/mol. The number of carbonyl (C=O) groups excluding carboxylic acids is 1. The lowest BCUT2D eigenvalue weighted by Crippen LogP contribution is -2.29. The molecule has 7 nitrogen and oxygen atoms in total. The number of oxazole rings is 1. The molecule has 0 saturated carbocycles. The average Bonchev–Trinajstić information content (AvgIpc) is 3.31. The predicted molar refractivity (Wildman–Crippen MR) is 106 cm³/mol. The lowest BCUT2D eigenvalue weighted by Gasteiger charge is -2.11. The highest BCUT2D eigenvalue weighted by molar-refractivity contribution is 5.77. The van der Waals surface area contributed by atoms with Crippen molar-refractivity contribution < 1.29 is 9.21 Å². The van der Waals surface area contributed by atoms with Gasteiger partial charge in [0, 0.05) is 13.0 Å². The van der Waals surface area contributed by atoms with Crippen LogP contribution in [0.15, 0.2) is 70.0 Å². The van der Waals surface area contributed by atoms with Gasteiger partial charge >= 0.3 is 5.76 Å². The number of imidazole rings is 1. The SMILES string of the molecule is C[C@H](NC(=O)CCn1c(=O)oc2ccccc21)c1ncc(-c2ccccc2)[nH]1. The molecule has 0 aliphatic rings. The summed E-state index contributed by atoms with van der Waals surface area (Å²) in [5, 5.41) is 2.91. The van der Waals surface area contributed by atoms with Crippen LogP contribution in [-0.4, -0.2) is 20.4 Å². The first-order valence-corrected chi connectivity index (χ1v) is 9.10. The normalized spacial score (nSPS) is 12.2. The number of para-hydroxylation sites is 2. The molecule has 28 heavy (non-hydrogen) atoms. The Balaban J connectivity index is 1.39. The summed E-state index contributed by atoms with van der Waals surface area (Å²) in [6.45, 7) is 2.12. The van der Waals surface area contributed by atoms with Crippen LogP contribution in [0, 0.1) is 0 Å². The summed E-state index contributed by atoms with van der Waals surface area (Å²) in [7, 11) is 0. The highest BCUT2D eigenvalue weighted by Crippen LogP contribution is 2.19. The van der Waals surface area contributed by atoms with Crippen molar-refractivity contribution in [2.75, 3.05) is 0 Å². The molecule has 142 valence electrons. The second-order valence-electron chi connectivity index (χ2n) is 6.57. The van der Waals surface area contributed by atoms with E-state index in [1.807, 2.05) is 43.3 Å². The van der Waals surface area contributed by atoms with Gasteiger partial charge in [-0.15, -0.1) is 0 Å². The minimum absolute atomic E-state index is 0.164. The van der Waals surface area contributed by atoms with Gasteiger partial charge in [0.05, 0.1) is 23.4 Å². The van der Waals surface area contributed by atoms with E-state index < -0.39 is 5.76 Å². The fourth-order valence-electron chi connectivity index (χ4n) is 3.14. The van der Waals surface area contributed by atoms with Crippen LogP contribution in [0.4, 0.5) is 0 Å². The lowest BCUT2D eigenvalue weighted by molar-refractivity contribution is -0.122. The summed E-state index contributed by atoms with van der Waals surface area (Å²) in [6, 6.07) is 16.8. The fraction of sp³-hybridized carbons (Fsp3) is 0.190. The van der Waals surface area contributed by atoms with Crippen LogP contribution < -0.4 is 11.1 Å². The highest BCUT2D eigenvalue weighted by atomic mass is 16.4. The van der Waals surface area contributed by atoms with Gasteiger partial charge in [-0.05, 0) is 24.6 Å². The first-order chi connectivity index (χ1) is 13.6. The Morgan fingerprint density at radius 1 is 1.18 bits per heavy atom. The number of benzene rings is 2. The van der Waals surface area contributed by atoms with Crippen LogP contribution >= 0.6 is 0 Å². The molecule has 2 aromatic heterocycles. The summed E-state index contributed by atoms with van der Waals surface area (Å²) in [5.74, 6) is 0.0565. The van der Waals surface area contributed by atoms with Crippen molar-refractivity contribution in [1.82, 2.24) is 19.9 Å². The Bertz CT molecular complexity index is 1160. The number of hydrogen-bond acceptors (Lipinski definition) is 4. The maximum Gasteiger partial charge on any atom is 0.419 e. The van der Waals surface area contributed by atoms with Crippen molar-refractivity contribution in [3.8, 4) is 11.3 Å². The number of amides is 1. The summed E-state index contributed by atoms with van der Waals surface area (Å²) in [5.41, 5.74) is 3.14. The van der Waals surface area contributed by atoms with Crippen LogP contribution in [0.5, 0.6) is 0 Å². The zero-order chi connectivity index (χ0) is 19.5. The van der Waals surface area contributed by atoms with E-state index in [1.165, 1.54) is 4.57 Å². The zero-order valence-electron chi connectivity index (χ0n) is 15.4. The van der Waals surface area contributed by atoms with Gasteiger partial charge in [0.15, 0.2) is 5.58 Å². The lowest BCUT2D eigenvalue weighted by atomic mass is 10.2. The molecule has 1 atom stereocenters. The first kappa shape index (κ1) is 17.8. The molecule has 2 heterocycles. The third-order valence-corrected chi connectivity index (χ3v) is 4.60. The van der Waals surface area contributed by atoms with Gasteiger partial charge in [-0.2, -0.15) is 0 Å². The molecule has 0 spiro atoms. The Morgan fingerprint density at radius 3 is 2.75 bits per heavy atom. The number of H-pyrrole nitrogens is 1. The molecule has 0 saturated heterocycles. The maximum absolute atomic E-state index is 12.3. The number of aryl methyl sites for hydroxylation is 1. The van der Waals surface area contributed by atoms with Crippen LogP contribution in [0.2, 0.25) is 0 Å². The number of rotatable bonds is 6. The first-order valence-electron chi connectivity index (χ1n) is 9.10. The molecule has 0 aliphatic heterocycles. The topological polar surface area (TPSA) is 92.9 Å². The zero-order valence-corrected chi connectivity index (χ0v) is 15.4. The number of nitrogens with zero attached hydrogens (tertiary/aromatic N) is 2. The molecular formula is C21H20N4O3. The van der Waals surface area contributed by atoms with Crippen molar-refractivity contribution in [1.29, 1.82) is 0 Å². The van der Waals surface area contributed by atoms with E-state index in [9.17, 15) is 9.59 Å². The molecule has 4 aromatic rings. The molecule has 4 rings (SSSR count). The van der Waals surface area contributed by atoms with Gasteiger partial charge in [0.25, 0.3) is 0 Å². The van der Waals surface area contributed by atoms with Gasteiger partial charge in [-0.3, -0.25) is 9.36 Å². The number of fused-ring (bicyclic) bond motifs is 1. The second kappa shape index (κ2) is 7.56. The number of hydrogen-bond donors (Lipinski definition) is 2. The summed E-state index contributed by atoms with van der Waals surface area (Å²) in [4.78, 5) is 31.9. The monoisotopic (exact) mass is 376 g/mol. The van der Waals surface area contributed by atoms with Crippen LogP contribution in [-0.2, 0) is 11.3 Å². The molecule has 0 bridgehead atoms. The average molecular weight is 376 g/mol. The Kier molecular flexibility index (Phi) is 4.80. The molecule has 0 fully saturated rings. The van der Waals surface area contributed by atoms with Crippen LogP contribution in [0.1, 0.15) is 25.2 Å². The minimum Gasteiger partial charge on any atom is -0.408 e. The summed E-state index contributed by atoms with van der Waals surface area (Å²) >= 11 is 0. The van der Waals surface area contributed by atoms with E-state index in [0.29, 0.717) is 16.9 Å². The Labute approximate surface area is 161 Å². The predicted octanol–water partition coefficient (Wildman–Crippen LogP) is 3.25. The molecule has 1 amide bonds. The van der Waals surface area contributed by atoms with E-state index in [0.717, 1.165) is 11.3 Å². The summed E-state index contributed by atoms with van der Waals surface area (Å²) < 4.78 is 6.66. The Morgan fingerprint density at radius 2 is 1.93 bits per heavy atom. The second-order valence-corrected chi connectivity index (χ2v) is 6.57. The van der Waals surface area contributed by atoms with Crippen LogP contribution in [0.3, 0.4) is 0 Å². The van der Waals surface area contributed by atoms with E-state index >= 15 is 0 Å². The van der Waals surface area contributed by atoms with E-state index in [1.54, 1.807) is 24.4 Å². The third kappa shape index (κ3) is 3.59. The van der Waals surface area contributed by atoms with Crippen molar-refractivity contribution in [2.24, 2.45) is 0 Å². The minimum atomic E-state index is -0.458. The van der Waals surface area contributed by atoms with Gasteiger partial charge < -0.3 is 14.7 Å². The largest absolute Gasteiger partial charge is 0.419 e. The molecule has 0 unspecified atom stereocenters. The number of aromatic nitrogens is 3. The number of nitrogens with one attached hydrogen (secondary N) is 2. The van der Waals surface area contributed by atoms with Gasteiger partial charge in [-0.1, -0.05) is 42.5 Å². The standard InChI is InChI=1S/C21H20N4O3/c1-14(20-22-13-16(24-20)15-7-3-2-4-8-15)23-19(26)11-12-25-17-9-5-6-10-18(17)28-21(25)27/h2-10,13-14H,11-12H2,1H3,(H,22,24)(H,23,26)/t14-/m0/s1. The van der Waals surface area contributed by atoms with Crippen molar-refractivity contribution in [2.45, 2.75) is 25.9 Å². The number of aromatic amines is 1. The van der Waals surface area contributed by atoms with Crippen molar-refractivity contribution in [3.05, 3.63) is 77.2 Å². The quantitative estimate of drug-likeness (QED) is 0.540. The van der Waals surface area contributed by atoms with E-state index in [2.05, 4.69) is 15.3 Å². The highest BCUT2D eigenvalue weighted by Gasteiger charge is 2.15. The molecule has 2 N–H and O–H groups in total. The summed E-state index contributed by atoms with van der Waals surface area (Å²) in [6.07, 6.45) is 1.92. The number of carbonyl (C=O) groups is 1. The smallest absolute Gasteiger partial charge is 0.408 e. The molecule has 0 aliphatic carbocycles. The van der Waals surface area contributed by atoms with Gasteiger partial charge in [-0.25, -0.2) is 9.78 Å². The fourth-order valence-corrected chi connectivity index (χ4v) is 3.14. The maximum atomic E-state index is 12.3. The van der Waals surface area contributed by atoms with Crippen molar-refractivity contribution >= 4 is 17.0 Å². The third-order valence-electron chi connectivity index (χ3n) is 4.60. The van der Waals surface area contributed by atoms with Gasteiger partial charge in [0.1, 0.15) is 5.82 Å². The van der Waals surface area contributed by atoms with Crippen LogP contribution in [0.25, 0.3) is 22.4 Å². The van der Waals surface area contributed by atoms with Gasteiger partial charge in [0.2, 0.25) is 5.91 Å². The Hall–Kier alpha value is -3.61. The van der Waals surface area contributed by atoms with E-state index in [4.69, 9.17) is 4.42 Å².